The average Bonchev–Trinajstić information content (AvgIpc) is 3.82. The molecule has 0 aliphatic carbocycles. The normalized spacial score (nSPS) is 11.3. The molecule has 4 heterocycles. The highest BCUT2D eigenvalue weighted by Gasteiger charge is 2.28. The highest BCUT2D eigenvalue weighted by Crippen LogP contribution is 2.56. The van der Waals surface area contributed by atoms with Crippen LogP contribution in [0.5, 0.6) is 34.5 Å². The third-order valence-electron chi connectivity index (χ3n) is 10.3. The molecule has 2 aromatic carbocycles. The fourth-order valence-corrected chi connectivity index (χ4v) is 12.7. The predicted molar refractivity (Wildman–Crippen MR) is 222 cm³/mol. The number of methoxy groups -OCH3 is 6. The lowest BCUT2D eigenvalue weighted by Gasteiger charge is -2.15. The molecule has 0 bridgehead atoms. The number of rotatable bonds is 11. The quantitative estimate of drug-likeness (QED) is 0.131. The van der Waals surface area contributed by atoms with Crippen LogP contribution in [0.15, 0.2) is 24.3 Å². The van der Waals surface area contributed by atoms with Crippen LogP contribution in [0.2, 0.25) is 0 Å². The van der Waals surface area contributed by atoms with Crippen molar-refractivity contribution in [2.45, 2.75) is 55.4 Å². The Kier molecular flexibility index (Phi) is 10.8. The van der Waals surface area contributed by atoms with Gasteiger partial charge in [-0.25, -0.2) is 0 Å². The van der Waals surface area contributed by atoms with Gasteiger partial charge in [-0.3, -0.25) is 0 Å². The first-order chi connectivity index (χ1) is 24.8. The third kappa shape index (κ3) is 6.07. The first-order valence-electron chi connectivity index (χ1n) is 16.9. The van der Waals surface area contributed by atoms with Gasteiger partial charge in [-0.1, -0.05) is 0 Å². The van der Waals surface area contributed by atoms with Crippen LogP contribution >= 0.6 is 45.3 Å². The predicted octanol–water partition coefficient (Wildman–Crippen LogP) is 12.8. The Morgan fingerprint density at radius 1 is 0.288 bits per heavy atom. The van der Waals surface area contributed by atoms with Gasteiger partial charge < -0.3 is 28.4 Å². The van der Waals surface area contributed by atoms with Crippen molar-refractivity contribution < 1.29 is 28.4 Å². The van der Waals surface area contributed by atoms with E-state index >= 15 is 0 Å². The van der Waals surface area contributed by atoms with Gasteiger partial charge in [-0.15, -0.1) is 45.3 Å². The van der Waals surface area contributed by atoms with Crippen LogP contribution in [0.4, 0.5) is 0 Å². The molecule has 0 unspecified atom stereocenters. The van der Waals surface area contributed by atoms with Crippen LogP contribution in [0.1, 0.15) is 44.5 Å². The van der Waals surface area contributed by atoms with Crippen LogP contribution in [-0.2, 0) is 0 Å². The summed E-state index contributed by atoms with van der Waals surface area (Å²) >= 11 is 7.41. The zero-order valence-electron chi connectivity index (χ0n) is 32.4. The van der Waals surface area contributed by atoms with Gasteiger partial charge in [-0.2, -0.15) is 0 Å². The molecule has 52 heavy (non-hydrogen) atoms. The van der Waals surface area contributed by atoms with Gasteiger partial charge in [0.25, 0.3) is 0 Å². The zero-order valence-corrected chi connectivity index (χ0v) is 35.7. The van der Waals surface area contributed by atoms with Crippen molar-refractivity contribution in [1.29, 1.82) is 0 Å². The fraction of sp³-hybridized carbons (Fsp3) is 0.333. The van der Waals surface area contributed by atoms with Gasteiger partial charge in [0.2, 0.25) is 0 Å². The van der Waals surface area contributed by atoms with E-state index in [1.165, 1.54) is 73.8 Å². The molecule has 0 saturated carbocycles. The highest BCUT2D eigenvalue weighted by molar-refractivity contribution is 7.30. The topological polar surface area (TPSA) is 55.4 Å². The molecule has 6 nitrogen and oxygen atoms in total. The van der Waals surface area contributed by atoms with Crippen molar-refractivity contribution in [2.24, 2.45) is 0 Å². The third-order valence-corrected chi connectivity index (χ3v) is 16.4. The van der Waals surface area contributed by atoms with Crippen LogP contribution in [-0.4, -0.2) is 42.7 Å². The standard InChI is InChI=1S/C42H46O6S4/c1-19-21(3)37(49-35(19)33-29(45-11)15-27(43-9)16-30(33)46-12)39-23(5)25(7)41(51-39)42-26(8)24(6)40(52-42)38-22(4)20(2)36(50-38)34-31(47-13)17-28(44-10)18-32(34)48-14/h15-18H,1-14H3. The molecule has 0 aliphatic heterocycles. The number of hydrogen-bond donors (Lipinski definition) is 0. The smallest absolute Gasteiger partial charge is 0.134 e. The molecule has 274 valence electrons. The van der Waals surface area contributed by atoms with Crippen molar-refractivity contribution in [2.75, 3.05) is 42.7 Å². The molecule has 6 rings (SSSR count). The SMILES string of the molecule is COc1cc(OC)c(-c2sc(-c3sc(-c4sc(-c5sc(-c6c(OC)cc(OC)cc6OC)c(C)c5C)c(C)c4C)c(C)c3C)c(C)c2C)c(OC)c1. The van der Waals surface area contributed by atoms with E-state index in [9.17, 15) is 0 Å². The summed E-state index contributed by atoms with van der Waals surface area (Å²) < 4.78 is 34.6. The minimum atomic E-state index is 0.697. The van der Waals surface area contributed by atoms with Gasteiger partial charge in [0.1, 0.15) is 34.5 Å². The Morgan fingerprint density at radius 2 is 0.481 bits per heavy atom. The Bertz CT molecular complexity index is 2100. The molecule has 6 aromatic rings. The number of ether oxygens (including phenoxy) is 6. The zero-order chi connectivity index (χ0) is 37.8. The maximum absolute atomic E-state index is 5.87. The molecule has 0 saturated heterocycles. The van der Waals surface area contributed by atoms with Gasteiger partial charge in [-0.05, 0) is 99.9 Å². The Hall–Kier alpha value is -3.96. The van der Waals surface area contributed by atoms with E-state index < -0.39 is 0 Å². The molecular weight excluding hydrogens is 729 g/mol. The van der Waals surface area contributed by atoms with E-state index in [1.807, 2.05) is 46.9 Å². The maximum atomic E-state index is 5.87. The van der Waals surface area contributed by atoms with Crippen molar-refractivity contribution in [3.05, 3.63) is 68.8 Å². The van der Waals surface area contributed by atoms with E-state index in [-0.39, 0.29) is 0 Å². The first-order valence-corrected chi connectivity index (χ1v) is 20.1. The minimum absolute atomic E-state index is 0.697. The second-order valence-electron chi connectivity index (χ2n) is 12.9. The lowest BCUT2D eigenvalue weighted by atomic mass is 10.0. The fourth-order valence-electron chi connectivity index (χ4n) is 6.62. The number of hydrogen-bond acceptors (Lipinski definition) is 10. The van der Waals surface area contributed by atoms with Gasteiger partial charge in [0.05, 0.1) is 53.8 Å². The van der Waals surface area contributed by atoms with E-state index in [4.69, 9.17) is 28.4 Å². The molecular formula is C42H46O6S4. The summed E-state index contributed by atoms with van der Waals surface area (Å²) in [5.41, 5.74) is 12.2. The summed E-state index contributed by atoms with van der Waals surface area (Å²) in [6.07, 6.45) is 0. The molecule has 4 aromatic heterocycles. The largest absolute Gasteiger partial charge is 0.496 e. The summed E-state index contributed by atoms with van der Waals surface area (Å²) in [4.78, 5) is 10.1. The van der Waals surface area contributed by atoms with Crippen LogP contribution in [0, 0.1) is 55.4 Å². The summed E-state index contributed by atoms with van der Waals surface area (Å²) in [6, 6.07) is 7.70. The highest BCUT2D eigenvalue weighted by atomic mass is 32.1. The molecule has 0 spiro atoms. The van der Waals surface area contributed by atoms with Gasteiger partial charge >= 0.3 is 0 Å². The van der Waals surface area contributed by atoms with E-state index in [0.717, 1.165) is 43.9 Å². The minimum Gasteiger partial charge on any atom is -0.496 e. The lowest BCUT2D eigenvalue weighted by Crippen LogP contribution is -1.95. The average molecular weight is 775 g/mol. The molecule has 0 atom stereocenters. The van der Waals surface area contributed by atoms with E-state index in [0.29, 0.717) is 11.5 Å². The Labute approximate surface area is 323 Å². The first kappa shape index (κ1) is 37.8. The number of thiophene rings is 4. The molecule has 0 N–H and O–H groups in total. The molecule has 0 radical (unpaired) electrons. The van der Waals surface area contributed by atoms with Crippen molar-refractivity contribution >= 4 is 45.3 Å². The van der Waals surface area contributed by atoms with E-state index in [2.05, 4.69) is 55.4 Å². The summed E-state index contributed by atoms with van der Waals surface area (Å²) in [7, 11) is 10.1. The molecule has 0 amide bonds. The Balaban J connectivity index is 1.47. The van der Waals surface area contributed by atoms with E-state index in [1.54, 1.807) is 65.3 Å². The van der Waals surface area contributed by atoms with Crippen molar-refractivity contribution in [3.8, 4) is 84.6 Å². The second-order valence-corrected chi connectivity index (χ2v) is 16.9. The van der Waals surface area contributed by atoms with Crippen LogP contribution < -0.4 is 28.4 Å². The Morgan fingerprint density at radius 3 is 0.673 bits per heavy atom. The molecule has 10 heteroatoms. The lowest BCUT2D eigenvalue weighted by molar-refractivity contribution is 0.377. The molecule has 0 aliphatic rings. The summed E-state index contributed by atoms with van der Waals surface area (Å²) in [6.45, 7) is 17.9. The second kappa shape index (κ2) is 14.8. The van der Waals surface area contributed by atoms with Gasteiger partial charge in [0, 0.05) is 63.3 Å². The van der Waals surface area contributed by atoms with Gasteiger partial charge in [0.15, 0.2) is 0 Å². The molecule has 0 fully saturated rings. The maximum Gasteiger partial charge on any atom is 0.134 e. The van der Waals surface area contributed by atoms with Crippen molar-refractivity contribution in [3.63, 3.8) is 0 Å². The van der Waals surface area contributed by atoms with Crippen molar-refractivity contribution in [1.82, 2.24) is 0 Å². The summed E-state index contributed by atoms with van der Waals surface area (Å²) in [5, 5.41) is 0. The summed E-state index contributed by atoms with van der Waals surface area (Å²) in [5.74, 6) is 4.32. The van der Waals surface area contributed by atoms with Crippen LogP contribution in [0.25, 0.3) is 50.1 Å². The van der Waals surface area contributed by atoms with Crippen LogP contribution in [0.3, 0.4) is 0 Å². The number of benzene rings is 2. The monoisotopic (exact) mass is 774 g/mol.